The molecule has 1 atom stereocenters. The average Bonchev–Trinajstić information content (AvgIpc) is 2.06. The highest BCUT2D eigenvalue weighted by Crippen LogP contribution is 2.17. The zero-order chi connectivity index (χ0) is 8.86. The number of nitrogens with one attached hydrogen (secondary N) is 1. The van der Waals surface area contributed by atoms with Crippen molar-refractivity contribution >= 4 is 0 Å². The normalized spacial score (nSPS) is 30.1. The minimum absolute atomic E-state index is 0.210. The van der Waals surface area contributed by atoms with E-state index in [2.05, 4.69) is 18.8 Å². The summed E-state index contributed by atoms with van der Waals surface area (Å²) in [4.78, 5) is 0. The summed E-state index contributed by atoms with van der Waals surface area (Å²) < 4.78 is 5.43. The van der Waals surface area contributed by atoms with Crippen LogP contribution in [0.4, 0.5) is 0 Å². The third-order valence-corrected chi connectivity index (χ3v) is 2.34. The molecule has 0 amide bonds. The lowest BCUT2D eigenvalue weighted by atomic mass is 9.95. The predicted molar refractivity (Wildman–Crippen MR) is 51.3 cm³/mol. The van der Waals surface area contributed by atoms with Crippen molar-refractivity contribution in [2.45, 2.75) is 31.7 Å². The lowest BCUT2D eigenvalue weighted by Crippen LogP contribution is -2.49. The van der Waals surface area contributed by atoms with Gasteiger partial charge in [-0.15, -0.1) is 6.58 Å². The van der Waals surface area contributed by atoms with Crippen molar-refractivity contribution in [3.05, 3.63) is 12.7 Å². The van der Waals surface area contributed by atoms with Crippen molar-refractivity contribution in [1.82, 2.24) is 5.32 Å². The summed E-state index contributed by atoms with van der Waals surface area (Å²) in [6, 6.07) is 0. The Morgan fingerprint density at radius 1 is 1.67 bits per heavy atom. The van der Waals surface area contributed by atoms with Crippen LogP contribution in [0.3, 0.4) is 0 Å². The minimum atomic E-state index is 0.210. The van der Waals surface area contributed by atoms with Gasteiger partial charge in [0.1, 0.15) is 0 Å². The predicted octanol–water partition coefficient (Wildman–Crippen LogP) is 1.72. The van der Waals surface area contributed by atoms with Crippen molar-refractivity contribution in [2.24, 2.45) is 0 Å². The Hall–Kier alpha value is -0.340. The van der Waals surface area contributed by atoms with E-state index in [1.165, 1.54) is 12.8 Å². The quantitative estimate of drug-likeness (QED) is 0.511. The Kier molecular flexibility index (Phi) is 3.76. The van der Waals surface area contributed by atoms with Gasteiger partial charge >= 0.3 is 0 Å². The third-order valence-electron chi connectivity index (χ3n) is 2.34. The van der Waals surface area contributed by atoms with Crippen LogP contribution in [0.1, 0.15) is 26.2 Å². The summed E-state index contributed by atoms with van der Waals surface area (Å²) in [7, 11) is 0. The number of hydrogen-bond acceptors (Lipinski definition) is 2. The van der Waals surface area contributed by atoms with Gasteiger partial charge in [-0.25, -0.2) is 0 Å². The van der Waals surface area contributed by atoms with Crippen LogP contribution in [-0.2, 0) is 4.74 Å². The zero-order valence-corrected chi connectivity index (χ0v) is 7.94. The van der Waals surface area contributed by atoms with Crippen LogP contribution in [0.25, 0.3) is 0 Å². The molecule has 0 aromatic carbocycles. The average molecular weight is 169 g/mol. The van der Waals surface area contributed by atoms with Crippen LogP contribution in [0.5, 0.6) is 0 Å². The van der Waals surface area contributed by atoms with E-state index in [1.54, 1.807) is 0 Å². The van der Waals surface area contributed by atoms with Gasteiger partial charge in [0, 0.05) is 12.1 Å². The summed E-state index contributed by atoms with van der Waals surface area (Å²) in [5.41, 5.74) is 0.210. The molecule has 1 N–H and O–H groups in total. The van der Waals surface area contributed by atoms with E-state index in [0.29, 0.717) is 0 Å². The molecule has 0 spiro atoms. The van der Waals surface area contributed by atoms with Gasteiger partial charge in [-0.1, -0.05) is 6.08 Å². The summed E-state index contributed by atoms with van der Waals surface area (Å²) >= 11 is 0. The second kappa shape index (κ2) is 4.63. The second-order valence-electron chi connectivity index (χ2n) is 3.72. The maximum absolute atomic E-state index is 5.43. The monoisotopic (exact) mass is 169 g/mol. The molecule has 12 heavy (non-hydrogen) atoms. The van der Waals surface area contributed by atoms with E-state index in [0.717, 1.165) is 26.2 Å². The molecular formula is C10H19NO. The van der Waals surface area contributed by atoms with Gasteiger partial charge in [0.05, 0.1) is 6.61 Å². The van der Waals surface area contributed by atoms with Gasteiger partial charge in [0.25, 0.3) is 0 Å². The molecule has 1 heterocycles. The number of hydrogen-bond donors (Lipinski definition) is 1. The van der Waals surface area contributed by atoms with E-state index in [9.17, 15) is 0 Å². The molecule has 70 valence electrons. The summed E-state index contributed by atoms with van der Waals surface area (Å²) in [6.45, 7) is 8.72. The minimum Gasteiger partial charge on any atom is -0.380 e. The van der Waals surface area contributed by atoms with Crippen molar-refractivity contribution in [3.63, 3.8) is 0 Å². The largest absolute Gasteiger partial charge is 0.380 e. The maximum Gasteiger partial charge on any atom is 0.0645 e. The van der Waals surface area contributed by atoms with Crippen LogP contribution in [0.2, 0.25) is 0 Å². The highest BCUT2D eigenvalue weighted by atomic mass is 16.5. The summed E-state index contributed by atoms with van der Waals surface area (Å²) in [5.74, 6) is 0. The Balaban J connectivity index is 2.21. The van der Waals surface area contributed by atoms with E-state index in [1.807, 2.05) is 6.08 Å². The molecule has 0 aromatic rings. The molecule has 1 aliphatic rings. The Morgan fingerprint density at radius 3 is 3.08 bits per heavy atom. The lowest BCUT2D eigenvalue weighted by Gasteiger charge is -2.34. The molecule has 1 fully saturated rings. The second-order valence-corrected chi connectivity index (χ2v) is 3.72. The van der Waals surface area contributed by atoms with Crippen LogP contribution >= 0.6 is 0 Å². The van der Waals surface area contributed by atoms with Crippen LogP contribution in [0, 0.1) is 0 Å². The van der Waals surface area contributed by atoms with E-state index in [-0.39, 0.29) is 5.54 Å². The van der Waals surface area contributed by atoms with Crippen molar-refractivity contribution < 1.29 is 4.74 Å². The molecule has 0 radical (unpaired) electrons. The molecule has 1 rings (SSSR count). The molecule has 0 bridgehead atoms. The molecule has 2 nitrogen and oxygen atoms in total. The van der Waals surface area contributed by atoms with Gasteiger partial charge in [-0.2, -0.15) is 0 Å². The summed E-state index contributed by atoms with van der Waals surface area (Å²) in [5, 5.41) is 3.50. The van der Waals surface area contributed by atoms with Gasteiger partial charge in [-0.05, 0) is 32.7 Å². The topological polar surface area (TPSA) is 21.3 Å². The molecule has 1 aliphatic heterocycles. The fraction of sp³-hybridized carbons (Fsp3) is 0.800. The van der Waals surface area contributed by atoms with E-state index in [4.69, 9.17) is 4.74 Å². The highest BCUT2D eigenvalue weighted by molar-refractivity contribution is 4.86. The van der Waals surface area contributed by atoms with Crippen LogP contribution in [0.15, 0.2) is 12.7 Å². The third kappa shape index (κ3) is 2.95. The fourth-order valence-corrected chi connectivity index (χ4v) is 1.55. The molecule has 0 aromatic heterocycles. The van der Waals surface area contributed by atoms with Crippen molar-refractivity contribution in [1.29, 1.82) is 0 Å². The molecule has 1 saturated heterocycles. The van der Waals surface area contributed by atoms with E-state index >= 15 is 0 Å². The lowest BCUT2D eigenvalue weighted by molar-refractivity contribution is 0.0290. The van der Waals surface area contributed by atoms with Gasteiger partial charge < -0.3 is 10.1 Å². The van der Waals surface area contributed by atoms with Crippen molar-refractivity contribution in [2.75, 3.05) is 19.8 Å². The van der Waals surface area contributed by atoms with Crippen molar-refractivity contribution in [3.8, 4) is 0 Å². The van der Waals surface area contributed by atoms with Gasteiger partial charge in [0.2, 0.25) is 0 Å². The fourth-order valence-electron chi connectivity index (χ4n) is 1.55. The molecule has 2 heteroatoms. The molecular weight excluding hydrogens is 150 g/mol. The molecule has 0 saturated carbocycles. The van der Waals surface area contributed by atoms with Gasteiger partial charge in [0.15, 0.2) is 0 Å². The Labute approximate surface area is 75.0 Å². The summed E-state index contributed by atoms with van der Waals surface area (Å²) in [6.07, 6.45) is 5.39. The first-order chi connectivity index (χ1) is 5.77. The highest BCUT2D eigenvalue weighted by Gasteiger charge is 2.25. The van der Waals surface area contributed by atoms with Gasteiger partial charge in [-0.3, -0.25) is 0 Å². The Morgan fingerprint density at radius 2 is 2.50 bits per heavy atom. The standard InChI is InChI=1S/C10H19NO/c1-3-4-7-11-10(2)6-5-8-12-9-10/h3,11H,1,4-9H2,2H3. The smallest absolute Gasteiger partial charge is 0.0645 e. The molecule has 1 unspecified atom stereocenters. The Bertz CT molecular complexity index is 139. The maximum atomic E-state index is 5.43. The SMILES string of the molecule is C=CCCNC1(C)CCCOC1. The van der Waals surface area contributed by atoms with E-state index < -0.39 is 0 Å². The van der Waals surface area contributed by atoms with Crippen LogP contribution < -0.4 is 5.32 Å². The van der Waals surface area contributed by atoms with Crippen LogP contribution in [-0.4, -0.2) is 25.3 Å². The zero-order valence-electron chi connectivity index (χ0n) is 7.94. The number of ether oxygens (including phenoxy) is 1. The first-order valence-corrected chi connectivity index (χ1v) is 4.70. The first-order valence-electron chi connectivity index (χ1n) is 4.70. The molecule has 0 aliphatic carbocycles. The first kappa shape index (κ1) is 9.75. The number of rotatable bonds is 4.